The van der Waals surface area contributed by atoms with Gasteiger partial charge in [0.1, 0.15) is 5.75 Å². The Labute approximate surface area is 119 Å². The maximum atomic E-state index is 6.28. The molecule has 0 spiro atoms. The van der Waals surface area contributed by atoms with E-state index in [1.807, 2.05) is 6.20 Å². The topological polar surface area (TPSA) is 63.9 Å². The molecule has 1 fully saturated rings. The monoisotopic (exact) mass is 273 g/mol. The molecule has 0 radical (unpaired) electrons. The lowest BCUT2D eigenvalue weighted by Crippen LogP contribution is -2.31. The number of hydrogen-bond acceptors (Lipinski definition) is 3. The van der Waals surface area contributed by atoms with Crippen molar-refractivity contribution in [2.24, 2.45) is 5.73 Å². The molecule has 20 heavy (non-hydrogen) atoms. The summed E-state index contributed by atoms with van der Waals surface area (Å²) in [4.78, 5) is 0. The molecule has 1 aromatic carbocycles. The molecular weight excluding hydrogens is 250 g/mol. The van der Waals surface area contributed by atoms with Crippen LogP contribution in [0.25, 0.3) is 10.9 Å². The van der Waals surface area contributed by atoms with Gasteiger partial charge in [0, 0.05) is 17.0 Å². The third kappa shape index (κ3) is 2.52. The number of aromatic nitrogens is 2. The minimum atomic E-state index is 0.302. The van der Waals surface area contributed by atoms with Gasteiger partial charge in [0.15, 0.2) is 0 Å². The van der Waals surface area contributed by atoms with E-state index < -0.39 is 0 Å². The molecule has 0 saturated heterocycles. The van der Waals surface area contributed by atoms with E-state index in [2.05, 4.69) is 36.2 Å². The Kier molecular flexibility index (Phi) is 3.66. The van der Waals surface area contributed by atoms with Gasteiger partial charge in [-0.2, -0.15) is 5.10 Å². The zero-order valence-electron chi connectivity index (χ0n) is 12.2. The molecule has 0 unspecified atom stereocenters. The van der Waals surface area contributed by atoms with E-state index in [1.165, 1.54) is 10.9 Å². The number of nitrogens with one attached hydrogen (secondary N) is 1. The largest absolute Gasteiger partial charge is 0.490 e. The van der Waals surface area contributed by atoms with Gasteiger partial charge in [-0.15, -0.1) is 0 Å². The van der Waals surface area contributed by atoms with Crippen LogP contribution in [-0.4, -0.2) is 22.3 Å². The van der Waals surface area contributed by atoms with E-state index in [1.54, 1.807) is 0 Å². The van der Waals surface area contributed by atoms with Gasteiger partial charge in [0.2, 0.25) is 0 Å². The first kappa shape index (κ1) is 13.4. The van der Waals surface area contributed by atoms with E-state index in [0.717, 1.165) is 36.9 Å². The van der Waals surface area contributed by atoms with Crippen LogP contribution in [0.4, 0.5) is 0 Å². The van der Waals surface area contributed by atoms with Gasteiger partial charge < -0.3 is 10.5 Å². The number of ether oxygens (including phenoxy) is 1. The molecule has 3 N–H and O–H groups in total. The van der Waals surface area contributed by atoms with Gasteiger partial charge in [-0.05, 0) is 43.7 Å². The second-order valence-corrected chi connectivity index (χ2v) is 6.12. The fourth-order valence-electron chi connectivity index (χ4n) is 3.10. The van der Waals surface area contributed by atoms with Crippen LogP contribution >= 0.6 is 0 Å². The second kappa shape index (κ2) is 5.44. The van der Waals surface area contributed by atoms with Crippen molar-refractivity contribution in [2.75, 3.05) is 0 Å². The van der Waals surface area contributed by atoms with Gasteiger partial charge in [0.05, 0.1) is 17.8 Å². The molecular formula is C16H23N3O. The first-order valence-corrected chi connectivity index (χ1v) is 7.53. The smallest absolute Gasteiger partial charge is 0.123 e. The fourth-order valence-corrected chi connectivity index (χ4v) is 3.10. The highest BCUT2D eigenvalue weighted by atomic mass is 16.5. The molecule has 108 valence electrons. The predicted molar refractivity (Wildman–Crippen MR) is 81.0 cm³/mol. The lowest BCUT2D eigenvalue weighted by molar-refractivity contribution is 0.145. The zero-order chi connectivity index (χ0) is 14.1. The maximum absolute atomic E-state index is 6.28. The van der Waals surface area contributed by atoms with Crippen molar-refractivity contribution in [1.82, 2.24) is 10.2 Å². The van der Waals surface area contributed by atoms with Crippen LogP contribution in [-0.2, 0) is 0 Å². The molecule has 3 rings (SSSR count). The van der Waals surface area contributed by atoms with E-state index in [0.29, 0.717) is 18.1 Å². The maximum Gasteiger partial charge on any atom is 0.123 e. The molecule has 1 aliphatic carbocycles. The van der Waals surface area contributed by atoms with Crippen molar-refractivity contribution in [2.45, 2.75) is 57.6 Å². The first-order chi connectivity index (χ1) is 9.65. The van der Waals surface area contributed by atoms with Crippen LogP contribution < -0.4 is 10.5 Å². The number of aromatic amines is 1. The fraction of sp³-hybridized carbons (Fsp3) is 0.562. The third-order valence-corrected chi connectivity index (χ3v) is 4.22. The van der Waals surface area contributed by atoms with E-state index in [4.69, 9.17) is 10.5 Å². The van der Waals surface area contributed by atoms with Crippen LogP contribution in [0.5, 0.6) is 5.75 Å². The lowest BCUT2D eigenvalue weighted by atomic mass is 9.93. The lowest BCUT2D eigenvalue weighted by Gasteiger charge is -2.28. The van der Waals surface area contributed by atoms with Crippen molar-refractivity contribution in [3.63, 3.8) is 0 Å². The van der Waals surface area contributed by atoms with Gasteiger partial charge in [-0.25, -0.2) is 0 Å². The van der Waals surface area contributed by atoms with Gasteiger partial charge in [-0.3, -0.25) is 5.10 Å². The highest BCUT2D eigenvalue weighted by Crippen LogP contribution is 2.35. The first-order valence-electron chi connectivity index (χ1n) is 7.53. The highest BCUT2D eigenvalue weighted by Gasteiger charge is 2.22. The van der Waals surface area contributed by atoms with Crippen molar-refractivity contribution < 1.29 is 4.74 Å². The normalized spacial score (nSPS) is 23.4. The summed E-state index contributed by atoms with van der Waals surface area (Å²) in [6.45, 7) is 4.40. The quantitative estimate of drug-likeness (QED) is 0.901. The SMILES string of the molecule is CC(C)c1c(OC2CCC(N)CC2)ccc2[nH]ncc12. The number of fused-ring (bicyclic) bond motifs is 1. The number of hydrogen-bond donors (Lipinski definition) is 2. The number of nitrogens with two attached hydrogens (primary N) is 1. The molecule has 4 heteroatoms. The Morgan fingerprint density at radius 1 is 1.25 bits per heavy atom. The molecule has 1 saturated carbocycles. The summed E-state index contributed by atoms with van der Waals surface area (Å²) >= 11 is 0. The average Bonchev–Trinajstić information content (AvgIpc) is 2.89. The van der Waals surface area contributed by atoms with Crippen molar-refractivity contribution in [1.29, 1.82) is 0 Å². The number of benzene rings is 1. The van der Waals surface area contributed by atoms with Gasteiger partial charge in [0.25, 0.3) is 0 Å². The molecule has 1 aliphatic rings. The van der Waals surface area contributed by atoms with E-state index in [-0.39, 0.29) is 0 Å². The summed E-state index contributed by atoms with van der Waals surface area (Å²) in [6.07, 6.45) is 6.45. The molecule has 1 heterocycles. The van der Waals surface area contributed by atoms with Crippen LogP contribution in [0.15, 0.2) is 18.3 Å². The average molecular weight is 273 g/mol. The summed E-state index contributed by atoms with van der Waals surface area (Å²) in [5, 5.41) is 8.35. The molecule has 0 amide bonds. The van der Waals surface area contributed by atoms with E-state index >= 15 is 0 Å². The number of H-pyrrole nitrogens is 1. The van der Waals surface area contributed by atoms with Crippen LogP contribution in [0.2, 0.25) is 0 Å². The summed E-state index contributed by atoms with van der Waals surface area (Å²) in [5.41, 5.74) is 8.29. The van der Waals surface area contributed by atoms with Gasteiger partial charge in [-0.1, -0.05) is 13.8 Å². The molecule has 0 atom stereocenters. The second-order valence-electron chi connectivity index (χ2n) is 6.12. The van der Waals surface area contributed by atoms with Crippen LogP contribution in [0.3, 0.4) is 0 Å². The van der Waals surface area contributed by atoms with Crippen molar-refractivity contribution >= 4 is 10.9 Å². The highest BCUT2D eigenvalue weighted by molar-refractivity contribution is 5.84. The third-order valence-electron chi connectivity index (χ3n) is 4.22. The number of nitrogens with zero attached hydrogens (tertiary/aromatic N) is 1. The van der Waals surface area contributed by atoms with E-state index in [9.17, 15) is 0 Å². The molecule has 2 aromatic rings. The van der Waals surface area contributed by atoms with Crippen molar-refractivity contribution in [3.05, 3.63) is 23.9 Å². The molecule has 1 aromatic heterocycles. The Balaban J connectivity index is 1.88. The van der Waals surface area contributed by atoms with Crippen LogP contribution in [0, 0.1) is 0 Å². The standard InChI is InChI=1S/C16H23N3O/c1-10(2)16-13-9-18-19-14(13)7-8-15(16)20-12-5-3-11(17)4-6-12/h7-12H,3-6,17H2,1-2H3,(H,18,19). The Hall–Kier alpha value is -1.55. The molecule has 0 aliphatic heterocycles. The Bertz CT molecular complexity index is 582. The van der Waals surface area contributed by atoms with Gasteiger partial charge >= 0.3 is 0 Å². The van der Waals surface area contributed by atoms with Crippen molar-refractivity contribution in [3.8, 4) is 5.75 Å². The molecule has 4 nitrogen and oxygen atoms in total. The summed E-state index contributed by atoms with van der Waals surface area (Å²) in [6, 6.07) is 4.48. The Morgan fingerprint density at radius 3 is 2.70 bits per heavy atom. The summed E-state index contributed by atoms with van der Waals surface area (Å²) in [7, 11) is 0. The Morgan fingerprint density at radius 2 is 2.00 bits per heavy atom. The molecule has 0 bridgehead atoms. The van der Waals surface area contributed by atoms with Crippen LogP contribution in [0.1, 0.15) is 51.0 Å². The minimum absolute atomic E-state index is 0.302. The number of rotatable bonds is 3. The zero-order valence-corrected chi connectivity index (χ0v) is 12.2. The minimum Gasteiger partial charge on any atom is -0.490 e. The summed E-state index contributed by atoms with van der Waals surface area (Å²) < 4.78 is 6.28. The summed E-state index contributed by atoms with van der Waals surface area (Å²) in [5.74, 6) is 1.42. The predicted octanol–water partition coefficient (Wildman–Crippen LogP) is 3.34.